The van der Waals surface area contributed by atoms with Crippen LogP contribution in [-0.4, -0.2) is 16.4 Å². The largest absolute Gasteiger partial charge is 0.294 e. The summed E-state index contributed by atoms with van der Waals surface area (Å²) in [5.74, 6) is 0. The summed E-state index contributed by atoms with van der Waals surface area (Å²) in [5, 5.41) is 2.12. The van der Waals surface area contributed by atoms with Crippen LogP contribution < -0.4 is 0 Å². The van der Waals surface area contributed by atoms with Crippen molar-refractivity contribution >= 4 is 27.3 Å². The third-order valence-electron chi connectivity index (χ3n) is 2.66. The highest BCUT2D eigenvalue weighted by atomic mass is 79.9. The summed E-state index contributed by atoms with van der Waals surface area (Å²) in [6, 6.07) is 6.26. The number of hydrogen-bond donors (Lipinski definition) is 0. The van der Waals surface area contributed by atoms with Crippen LogP contribution in [0.4, 0.5) is 0 Å². The maximum absolute atomic E-state index is 4.04. The lowest BCUT2D eigenvalue weighted by Crippen LogP contribution is -2.21. The molecule has 4 heteroatoms. The molecule has 0 aliphatic heterocycles. The average Bonchev–Trinajstić information content (AvgIpc) is 2.75. The summed E-state index contributed by atoms with van der Waals surface area (Å²) in [6.45, 7) is 5.22. The Morgan fingerprint density at radius 1 is 1.24 bits per heavy atom. The second-order valence-electron chi connectivity index (χ2n) is 3.85. The van der Waals surface area contributed by atoms with Gasteiger partial charge in [0.15, 0.2) is 0 Å². The molecule has 2 rings (SSSR count). The summed E-state index contributed by atoms with van der Waals surface area (Å²) in [5.41, 5.74) is 1.31. The summed E-state index contributed by atoms with van der Waals surface area (Å²) in [7, 11) is 0. The second-order valence-corrected chi connectivity index (χ2v) is 5.71. The topological polar surface area (TPSA) is 16.1 Å². The van der Waals surface area contributed by atoms with Crippen LogP contribution in [0, 0.1) is 0 Å². The fourth-order valence-corrected chi connectivity index (χ4v) is 3.19. The molecule has 0 aromatic carbocycles. The van der Waals surface area contributed by atoms with Gasteiger partial charge in [-0.3, -0.25) is 9.88 Å². The Bertz CT molecular complexity index is 455. The van der Waals surface area contributed by atoms with Crippen LogP contribution >= 0.6 is 27.3 Å². The van der Waals surface area contributed by atoms with Gasteiger partial charge in [0, 0.05) is 34.8 Å². The molecule has 2 nitrogen and oxygen atoms in total. The monoisotopic (exact) mass is 310 g/mol. The van der Waals surface area contributed by atoms with Gasteiger partial charge in [-0.05, 0) is 51.6 Å². The fraction of sp³-hybridized carbons (Fsp3) is 0.308. The molecule has 17 heavy (non-hydrogen) atoms. The van der Waals surface area contributed by atoms with Gasteiger partial charge in [-0.15, -0.1) is 11.3 Å². The van der Waals surface area contributed by atoms with Gasteiger partial charge >= 0.3 is 0 Å². The van der Waals surface area contributed by atoms with Crippen LogP contribution in [-0.2, 0) is 13.1 Å². The van der Waals surface area contributed by atoms with Crippen molar-refractivity contribution in [3.05, 3.63) is 50.9 Å². The molecule has 0 unspecified atom stereocenters. The highest BCUT2D eigenvalue weighted by molar-refractivity contribution is 9.10. The Kier molecular flexibility index (Phi) is 4.71. The SMILES string of the molecule is CCN(Cc1ccncc1)Cc1sccc1Br. The molecule has 2 heterocycles. The minimum atomic E-state index is 0.976. The molecule has 0 N–H and O–H groups in total. The van der Waals surface area contributed by atoms with Gasteiger partial charge in [-0.1, -0.05) is 6.92 Å². The lowest BCUT2D eigenvalue weighted by atomic mass is 10.2. The molecule has 0 bridgehead atoms. The number of rotatable bonds is 5. The first-order valence-corrected chi connectivity index (χ1v) is 7.30. The molecule has 0 aliphatic carbocycles. The number of pyridine rings is 1. The molecule has 0 amide bonds. The molecular weight excluding hydrogens is 296 g/mol. The van der Waals surface area contributed by atoms with Crippen molar-refractivity contribution in [3.8, 4) is 0 Å². The zero-order valence-corrected chi connectivity index (χ0v) is 12.2. The Hall–Kier alpha value is -0.710. The maximum atomic E-state index is 4.04. The molecule has 0 radical (unpaired) electrons. The lowest BCUT2D eigenvalue weighted by molar-refractivity contribution is 0.273. The summed E-state index contributed by atoms with van der Waals surface area (Å²) < 4.78 is 1.22. The Balaban J connectivity index is 2.00. The van der Waals surface area contributed by atoms with E-state index in [4.69, 9.17) is 0 Å². The molecule has 2 aromatic rings. The molecule has 0 saturated heterocycles. The highest BCUT2D eigenvalue weighted by Gasteiger charge is 2.08. The summed E-state index contributed by atoms with van der Waals surface area (Å²) >= 11 is 5.39. The van der Waals surface area contributed by atoms with Gasteiger partial charge < -0.3 is 0 Å². The number of halogens is 1. The summed E-state index contributed by atoms with van der Waals surface area (Å²) in [6.07, 6.45) is 3.70. The Morgan fingerprint density at radius 2 is 2.00 bits per heavy atom. The molecule has 2 aromatic heterocycles. The van der Waals surface area contributed by atoms with Gasteiger partial charge in [0.2, 0.25) is 0 Å². The second kappa shape index (κ2) is 6.28. The van der Waals surface area contributed by atoms with Crippen molar-refractivity contribution in [1.82, 2.24) is 9.88 Å². The first-order valence-electron chi connectivity index (χ1n) is 5.62. The standard InChI is InChI=1S/C13H15BrN2S/c1-2-16(9-11-3-6-15-7-4-11)10-13-12(14)5-8-17-13/h3-8H,2,9-10H2,1H3. The Morgan fingerprint density at radius 3 is 2.59 bits per heavy atom. The van der Waals surface area contributed by atoms with E-state index in [2.05, 4.69) is 56.3 Å². The van der Waals surface area contributed by atoms with E-state index in [-0.39, 0.29) is 0 Å². The van der Waals surface area contributed by atoms with E-state index in [0.717, 1.165) is 19.6 Å². The number of hydrogen-bond acceptors (Lipinski definition) is 3. The third-order valence-corrected chi connectivity index (χ3v) is 4.57. The van der Waals surface area contributed by atoms with E-state index >= 15 is 0 Å². The lowest BCUT2D eigenvalue weighted by Gasteiger charge is -2.19. The van der Waals surface area contributed by atoms with E-state index in [1.807, 2.05) is 12.4 Å². The van der Waals surface area contributed by atoms with E-state index in [1.54, 1.807) is 11.3 Å². The van der Waals surface area contributed by atoms with Gasteiger partial charge in [0.1, 0.15) is 0 Å². The van der Waals surface area contributed by atoms with Gasteiger partial charge in [-0.25, -0.2) is 0 Å². The van der Waals surface area contributed by atoms with Crippen LogP contribution in [0.2, 0.25) is 0 Å². The molecule has 0 saturated carbocycles. The smallest absolute Gasteiger partial charge is 0.0342 e. The van der Waals surface area contributed by atoms with Crippen molar-refractivity contribution in [3.63, 3.8) is 0 Å². The number of aromatic nitrogens is 1. The first-order chi connectivity index (χ1) is 8.29. The van der Waals surface area contributed by atoms with Crippen LogP contribution in [0.25, 0.3) is 0 Å². The molecule has 0 fully saturated rings. The van der Waals surface area contributed by atoms with Crippen LogP contribution in [0.15, 0.2) is 40.4 Å². The van der Waals surface area contributed by atoms with E-state index < -0.39 is 0 Å². The zero-order valence-electron chi connectivity index (χ0n) is 9.77. The number of thiophene rings is 1. The van der Waals surface area contributed by atoms with Gasteiger partial charge in [0.05, 0.1) is 0 Å². The van der Waals surface area contributed by atoms with Crippen molar-refractivity contribution in [2.24, 2.45) is 0 Å². The zero-order chi connectivity index (χ0) is 12.1. The quantitative estimate of drug-likeness (QED) is 0.832. The minimum absolute atomic E-state index is 0.976. The summed E-state index contributed by atoms with van der Waals surface area (Å²) in [4.78, 5) is 7.86. The van der Waals surface area contributed by atoms with Crippen molar-refractivity contribution in [2.45, 2.75) is 20.0 Å². The maximum Gasteiger partial charge on any atom is 0.0342 e. The fourth-order valence-electron chi connectivity index (χ4n) is 1.67. The molecule has 0 spiro atoms. The molecule has 90 valence electrons. The van der Waals surface area contributed by atoms with Crippen molar-refractivity contribution < 1.29 is 0 Å². The first kappa shape index (κ1) is 12.7. The van der Waals surface area contributed by atoms with E-state index in [1.165, 1.54) is 14.9 Å². The van der Waals surface area contributed by atoms with Gasteiger partial charge in [-0.2, -0.15) is 0 Å². The Labute approximate surface area is 114 Å². The van der Waals surface area contributed by atoms with Crippen LogP contribution in [0.3, 0.4) is 0 Å². The third kappa shape index (κ3) is 3.63. The predicted molar refractivity (Wildman–Crippen MR) is 76.0 cm³/mol. The van der Waals surface area contributed by atoms with E-state index in [9.17, 15) is 0 Å². The average molecular weight is 311 g/mol. The predicted octanol–water partition coefficient (Wildman–Crippen LogP) is 3.93. The highest BCUT2D eigenvalue weighted by Crippen LogP contribution is 2.24. The van der Waals surface area contributed by atoms with Crippen molar-refractivity contribution in [2.75, 3.05) is 6.54 Å². The van der Waals surface area contributed by atoms with E-state index in [0.29, 0.717) is 0 Å². The minimum Gasteiger partial charge on any atom is -0.294 e. The molecular formula is C13H15BrN2S. The van der Waals surface area contributed by atoms with Gasteiger partial charge in [0.25, 0.3) is 0 Å². The van der Waals surface area contributed by atoms with Crippen molar-refractivity contribution in [1.29, 1.82) is 0 Å². The normalized spacial score (nSPS) is 11.0. The molecule has 0 atom stereocenters. The van der Waals surface area contributed by atoms with Crippen LogP contribution in [0.5, 0.6) is 0 Å². The van der Waals surface area contributed by atoms with Crippen LogP contribution in [0.1, 0.15) is 17.4 Å². The molecule has 0 aliphatic rings. The number of nitrogens with zero attached hydrogens (tertiary/aromatic N) is 2.